The van der Waals surface area contributed by atoms with Crippen LogP contribution in [0.3, 0.4) is 0 Å². The van der Waals surface area contributed by atoms with Crippen LogP contribution in [0.5, 0.6) is 0 Å². The van der Waals surface area contributed by atoms with Crippen LogP contribution < -0.4 is 5.73 Å². The first-order valence-electron chi connectivity index (χ1n) is 5.86. The normalized spacial score (nSPS) is 17.0. The van der Waals surface area contributed by atoms with Crippen LogP contribution in [0.1, 0.15) is 40.5 Å². The molecule has 0 saturated carbocycles. The zero-order chi connectivity index (χ0) is 12.7. The van der Waals surface area contributed by atoms with Gasteiger partial charge in [0, 0.05) is 11.0 Å². The fourth-order valence-electron chi connectivity index (χ4n) is 1.77. The SMILES string of the molecule is CC(C)CC(N=[N+]=[N-])C(O)[C@@H](N)CC(C)C. The molecule has 3 N–H and O–H groups in total. The Morgan fingerprint density at radius 2 is 1.69 bits per heavy atom. The largest absolute Gasteiger partial charge is 0.391 e. The van der Waals surface area contributed by atoms with E-state index in [0.29, 0.717) is 18.3 Å². The molecule has 0 rings (SSSR count). The van der Waals surface area contributed by atoms with Crippen molar-refractivity contribution < 1.29 is 5.11 Å². The molecule has 0 aliphatic carbocycles. The van der Waals surface area contributed by atoms with Crippen LogP contribution >= 0.6 is 0 Å². The smallest absolute Gasteiger partial charge is 0.0775 e. The van der Waals surface area contributed by atoms with Crippen molar-refractivity contribution in [2.45, 2.75) is 58.7 Å². The molecule has 0 bridgehead atoms. The Morgan fingerprint density at radius 3 is 2.06 bits per heavy atom. The fourth-order valence-corrected chi connectivity index (χ4v) is 1.77. The van der Waals surface area contributed by atoms with Crippen LogP contribution in [0.4, 0.5) is 0 Å². The van der Waals surface area contributed by atoms with Crippen molar-refractivity contribution in [1.29, 1.82) is 0 Å². The Morgan fingerprint density at radius 1 is 1.19 bits per heavy atom. The zero-order valence-electron chi connectivity index (χ0n) is 10.7. The van der Waals surface area contributed by atoms with Gasteiger partial charge in [-0.1, -0.05) is 32.8 Å². The van der Waals surface area contributed by atoms with Crippen LogP contribution in [-0.4, -0.2) is 23.3 Å². The molecule has 0 radical (unpaired) electrons. The highest BCUT2D eigenvalue weighted by Gasteiger charge is 2.25. The van der Waals surface area contributed by atoms with Crippen molar-refractivity contribution in [3.63, 3.8) is 0 Å². The summed E-state index contributed by atoms with van der Waals surface area (Å²) in [6.45, 7) is 8.16. The van der Waals surface area contributed by atoms with Gasteiger partial charge in [0.15, 0.2) is 0 Å². The van der Waals surface area contributed by atoms with Crippen LogP contribution in [0.15, 0.2) is 5.11 Å². The first kappa shape index (κ1) is 15.2. The van der Waals surface area contributed by atoms with E-state index in [9.17, 15) is 5.11 Å². The van der Waals surface area contributed by atoms with Crippen molar-refractivity contribution in [3.8, 4) is 0 Å². The molecule has 0 fully saturated rings. The number of hydrogen-bond donors (Lipinski definition) is 2. The number of aliphatic hydroxyl groups is 1. The third kappa shape index (κ3) is 5.95. The molecule has 0 aromatic heterocycles. The van der Waals surface area contributed by atoms with E-state index in [1.807, 2.05) is 13.8 Å². The van der Waals surface area contributed by atoms with E-state index in [1.54, 1.807) is 0 Å². The Kier molecular flexibility index (Phi) is 7.13. The lowest BCUT2D eigenvalue weighted by molar-refractivity contribution is 0.0994. The van der Waals surface area contributed by atoms with Gasteiger partial charge in [-0.25, -0.2) is 0 Å². The summed E-state index contributed by atoms with van der Waals surface area (Å²) >= 11 is 0. The van der Waals surface area contributed by atoms with Gasteiger partial charge in [0.25, 0.3) is 0 Å². The first-order valence-corrected chi connectivity index (χ1v) is 5.86. The van der Waals surface area contributed by atoms with Crippen molar-refractivity contribution in [1.82, 2.24) is 0 Å². The molecular weight excluding hydrogens is 204 g/mol. The van der Waals surface area contributed by atoms with Gasteiger partial charge in [-0.15, -0.1) is 0 Å². The molecule has 0 aliphatic heterocycles. The minimum absolute atomic E-state index is 0.325. The molecule has 2 unspecified atom stereocenters. The summed E-state index contributed by atoms with van der Waals surface area (Å²) in [5, 5.41) is 13.7. The lowest BCUT2D eigenvalue weighted by Crippen LogP contribution is -2.43. The average molecular weight is 228 g/mol. The maximum atomic E-state index is 10.0. The van der Waals surface area contributed by atoms with E-state index in [1.165, 1.54) is 0 Å². The Labute approximate surface area is 97.7 Å². The van der Waals surface area contributed by atoms with E-state index in [2.05, 4.69) is 23.9 Å². The highest BCUT2D eigenvalue weighted by atomic mass is 16.3. The Balaban J connectivity index is 4.46. The van der Waals surface area contributed by atoms with E-state index >= 15 is 0 Å². The summed E-state index contributed by atoms with van der Waals surface area (Å²) in [5.74, 6) is 0.798. The van der Waals surface area contributed by atoms with Gasteiger partial charge in [-0.2, -0.15) is 0 Å². The number of hydrogen-bond acceptors (Lipinski definition) is 3. The summed E-state index contributed by atoms with van der Waals surface area (Å²) in [6, 6.07) is -0.743. The molecule has 5 heteroatoms. The quantitative estimate of drug-likeness (QED) is 0.397. The summed E-state index contributed by atoms with van der Waals surface area (Å²) in [6.07, 6.45) is 0.647. The van der Waals surface area contributed by atoms with Gasteiger partial charge in [-0.3, -0.25) is 0 Å². The predicted molar refractivity (Wildman–Crippen MR) is 65.8 cm³/mol. The topological polar surface area (TPSA) is 95.0 Å². The first-order chi connectivity index (χ1) is 7.38. The summed E-state index contributed by atoms with van der Waals surface area (Å²) in [7, 11) is 0. The van der Waals surface area contributed by atoms with Gasteiger partial charge in [0.1, 0.15) is 0 Å². The molecule has 94 valence electrons. The van der Waals surface area contributed by atoms with Crippen LogP contribution in [0.25, 0.3) is 10.4 Å². The van der Waals surface area contributed by atoms with Gasteiger partial charge >= 0.3 is 0 Å². The van der Waals surface area contributed by atoms with E-state index in [4.69, 9.17) is 11.3 Å². The summed E-state index contributed by atoms with van der Waals surface area (Å²) < 4.78 is 0. The maximum absolute atomic E-state index is 10.0. The summed E-state index contributed by atoms with van der Waals surface area (Å²) in [4.78, 5) is 2.78. The van der Waals surface area contributed by atoms with Crippen LogP contribution in [0.2, 0.25) is 0 Å². The number of azide groups is 1. The molecular formula is C11H24N4O. The van der Waals surface area contributed by atoms with Crippen LogP contribution in [-0.2, 0) is 0 Å². The van der Waals surface area contributed by atoms with Gasteiger partial charge in [-0.05, 0) is 30.2 Å². The standard InChI is InChI=1S/C11H24N4O/c1-7(2)5-9(12)11(16)10(14-15-13)6-8(3)4/h7-11,16H,5-6,12H2,1-4H3/t9-,10?,11?/m0/s1. The molecule has 16 heavy (non-hydrogen) atoms. The predicted octanol–water partition coefficient (Wildman–Crippen LogP) is 2.45. The number of rotatable bonds is 7. The second-order valence-corrected chi connectivity index (χ2v) is 5.19. The molecule has 0 heterocycles. The minimum atomic E-state index is -0.749. The summed E-state index contributed by atoms with van der Waals surface area (Å²) in [5.41, 5.74) is 14.4. The highest BCUT2D eigenvalue weighted by Crippen LogP contribution is 2.17. The second-order valence-electron chi connectivity index (χ2n) is 5.19. The van der Waals surface area contributed by atoms with Crippen molar-refractivity contribution >= 4 is 0 Å². The van der Waals surface area contributed by atoms with E-state index in [0.717, 1.165) is 6.42 Å². The van der Waals surface area contributed by atoms with Crippen LogP contribution in [0, 0.1) is 11.8 Å². The zero-order valence-corrected chi connectivity index (χ0v) is 10.7. The van der Waals surface area contributed by atoms with Crippen molar-refractivity contribution in [2.75, 3.05) is 0 Å². The molecule has 0 aliphatic rings. The molecule has 3 atom stereocenters. The maximum Gasteiger partial charge on any atom is 0.0775 e. The molecule has 0 aromatic rings. The number of nitrogens with zero attached hydrogens (tertiary/aromatic N) is 3. The Hall–Kier alpha value is -0.770. The average Bonchev–Trinajstić information content (AvgIpc) is 2.14. The minimum Gasteiger partial charge on any atom is -0.391 e. The molecule has 5 nitrogen and oxygen atoms in total. The fraction of sp³-hybridized carbons (Fsp3) is 1.00. The van der Waals surface area contributed by atoms with E-state index in [-0.39, 0.29) is 6.04 Å². The van der Waals surface area contributed by atoms with Gasteiger partial charge in [0.2, 0.25) is 0 Å². The highest BCUT2D eigenvalue weighted by molar-refractivity contribution is 4.85. The van der Waals surface area contributed by atoms with Gasteiger partial charge < -0.3 is 10.8 Å². The molecule has 0 aromatic carbocycles. The van der Waals surface area contributed by atoms with Crippen molar-refractivity contribution in [3.05, 3.63) is 10.4 Å². The molecule has 0 saturated heterocycles. The molecule has 0 spiro atoms. The third-order valence-electron chi connectivity index (χ3n) is 2.49. The number of aliphatic hydroxyl groups excluding tert-OH is 1. The van der Waals surface area contributed by atoms with Gasteiger partial charge in [0.05, 0.1) is 12.1 Å². The second kappa shape index (κ2) is 7.49. The molecule has 0 amide bonds. The van der Waals surface area contributed by atoms with Crippen molar-refractivity contribution in [2.24, 2.45) is 22.7 Å². The van der Waals surface area contributed by atoms with E-state index < -0.39 is 12.1 Å². The lowest BCUT2D eigenvalue weighted by Gasteiger charge is -2.26. The number of nitrogens with two attached hydrogens (primary N) is 1. The lowest BCUT2D eigenvalue weighted by atomic mass is 9.91. The third-order valence-corrected chi connectivity index (χ3v) is 2.49. The Bertz CT molecular complexity index is 236. The monoisotopic (exact) mass is 228 g/mol.